The predicted octanol–water partition coefficient (Wildman–Crippen LogP) is 2.38. The largest absolute Gasteiger partial charge is 0.372 e. The summed E-state index contributed by atoms with van der Waals surface area (Å²) in [6.07, 6.45) is 2.16. The number of carbonyl (C=O) groups is 1. The Kier molecular flexibility index (Phi) is 3.64. The molecule has 0 bridgehead atoms. The fourth-order valence-electron chi connectivity index (χ4n) is 2.06. The second-order valence-electron chi connectivity index (χ2n) is 4.85. The summed E-state index contributed by atoms with van der Waals surface area (Å²) < 4.78 is 0. The molecule has 0 aromatic carbocycles. The van der Waals surface area contributed by atoms with Gasteiger partial charge in [0, 0.05) is 19.6 Å². The van der Waals surface area contributed by atoms with Gasteiger partial charge in [0.15, 0.2) is 5.69 Å². The van der Waals surface area contributed by atoms with Crippen LogP contribution in [0.15, 0.2) is 29.0 Å². The number of aromatic nitrogens is 2. The van der Waals surface area contributed by atoms with Crippen LogP contribution in [0.2, 0.25) is 0 Å². The minimum atomic E-state index is -0.0335. The minimum absolute atomic E-state index is 0.0335. The van der Waals surface area contributed by atoms with E-state index < -0.39 is 0 Å². The van der Waals surface area contributed by atoms with Gasteiger partial charge in [-0.1, -0.05) is 0 Å². The molecule has 0 saturated heterocycles. The average Bonchev–Trinajstić information content (AvgIpc) is 3.21. The number of carbonyl (C=O) groups excluding carboxylic acids is 1. The van der Waals surface area contributed by atoms with Gasteiger partial charge >= 0.3 is 0 Å². The second kappa shape index (κ2) is 5.58. The molecule has 5 nitrogen and oxygen atoms in total. The van der Waals surface area contributed by atoms with Crippen molar-refractivity contribution in [1.82, 2.24) is 15.1 Å². The third-order valence-corrected chi connectivity index (χ3v) is 4.05. The summed E-state index contributed by atoms with van der Waals surface area (Å²) in [5.41, 5.74) is 1.58. The number of hydrogen-bond donors (Lipinski definition) is 1. The highest BCUT2D eigenvalue weighted by Crippen LogP contribution is 2.29. The van der Waals surface area contributed by atoms with Gasteiger partial charge in [0.25, 0.3) is 5.91 Å². The monoisotopic (exact) mass is 288 g/mol. The lowest BCUT2D eigenvalue weighted by molar-refractivity contribution is 0.0723. The number of nitrogens with one attached hydrogen (secondary N) is 1. The molecule has 0 atom stereocenters. The molecule has 0 spiro atoms. The first-order valence-electron chi connectivity index (χ1n) is 6.61. The van der Waals surface area contributed by atoms with Crippen molar-refractivity contribution in [2.75, 3.05) is 12.4 Å². The summed E-state index contributed by atoms with van der Waals surface area (Å²) in [6, 6.07) is 5.91. The molecule has 2 heterocycles. The Balaban J connectivity index is 1.77. The first-order valence-corrected chi connectivity index (χ1v) is 7.56. The zero-order valence-electron chi connectivity index (χ0n) is 11.2. The fraction of sp³-hybridized carbons (Fsp3) is 0.357. The Hall–Kier alpha value is -1.95. The van der Waals surface area contributed by atoms with E-state index in [-0.39, 0.29) is 5.91 Å². The van der Waals surface area contributed by atoms with Crippen LogP contribution in [0.25, 0.3) is 0 Å². The Bertz CT molecular complexity index is 578. The lowest BCUT2D eigenvalue weighted by Gasteiger charge is -2.21. The van der Waals surface area contributed by atoms with Gasteiger partial charge in [-0.2, -0.15) is 11.3 Å². The molecule has 2 aromatic rings. The van der Waals surface area contributed by atoms with Crippen LogP contribution in [0, 0.1) is 0 Å². The molecule has 0 aliphatic heterocycles. The van der Waals surface area contributed by atoms with Crippen molar-refractivity contribution in [2.45, 2.75) is 25.4 Å². The van der Waals surface area contributed by atoms with Crippen molar-refractivity contribution in [1.29, 1.82) is 0 Å². The topological polar surface area (TPSA) is 58.1 Å². The number of thiophene rings is 1. The van der Waals surface area contributed by atoms with E-state index in [1.54, 1.807) is 30.5 Å². The normalized spacial score (nSPS) is 14.1. The van der Waals surface area contributed by atoms with Gasteiger partial charge in [-0.05, 0) is 47.4 Å². The van der Waals surface area contributed by atoms with Crippen molar-refractivity contribution in [3.05, 3.63) is 40.2 Å². The number of anilines is 1. The van der Waals surface area contributed by atoms with Gasteiger partial charge in [-0.15, -0.1) is 10.2 Å². The maximum Gasteiger partial charge on any atom is 0.274 e. The van der Waals surface area contributed by atoms with E-state index in [0.29, 0.717) is 24.1 Å². The van der Waals surface area contributed by atoms with Crippen LogP contribution < -0.4 is 5.32 Å². The van der Waals surface area contributed by atoms with Gasteiger partial charge in [0.05, 0.1) is 0 Å². The molecule has 1 N–H and O–H groups in total. The van der Waals surface area contributed by atoms with E-state index in [9.17, 15) is 4.79 Å². The Morgan fingerprint density at radius 3 is 2.80 bits per heavy atom. The molecule has 1 amide bonds. The van der Waals surface area contributed by atoms with E-state index in [4.69, 9.17) is 0 Å². The van der Waals surface area contributed by atoms with Crippen LogP contribution in [0.5, 0.6) is 0 Å². The van der Waals surface area contributed by atoms with E-state index in [1.807, 2.05) is 10.3 Å². The zero-order valence-corrected chi connectivity index (χ0v) is 12.1. The third kappa shape index (κ3) is 2.80. The highest BCUT2D eigenvalue weighted by molar-refractivity contribution is 7.07. The van der Waals surface area contributed by atoms with E-state index in [0.717, 1.165) is 12.8 Å². The van der Waals surface area contributed by atoms with Crippen LogP contribution >= 0.6 is 11.3 Å². The maximum atomic E-state index is 12.6. The van der Waals surface area contributed by atoms with Crippen molar-refractivity contribution < 1.29 is 4.79 Å². The highest BCUT2D eigenvalue weighted by atomic mass is 32.1. The standard InChI is InChI=1S/C14H16N4OS/c1-15-13-5-4-12(16-17-13)14(19)18(11-2-3-11)8-10-6-7-20-9-10/h4-7,9,11H,2-3,8H2,1H3,(H,15,17). The summed E-state index contributed by atoms with van der Waals surface area (Å²) in [7, 11) is 1.78. The van der Waals surface area contributed by atoms with E-state index >= 15 is 0 Å². The molecule has 1 fully saturated rings. The molecule has 20 heavy (non-hydrogen) atoms. The fourth-order valence-corrected chi connectivity index (χ4v) is 2.72. The second-order valence-corrected chi connectivity index (χ2v) is 5.63. The predicted molar refractivity (Wildman–Crippen MR) is 78.8 cm³/mol. The van der Waals surface area contributed by atoms with Crippen molar-refractivity contribution in [3.8, 4) is 0 Å². The lowest BCUT2D eigenvalue weighted by atomic mass is 10.2. The number of rotatable bonds is 5. The molecule has 1 saturated carbocycles. The number of amides is 1. The minimum Gasteiger partial charge on any atom is -0.372 e. The maximum absolute atomic E-state index is 12.6. The Morgan fingerprint density at radius 1 is 1.40 bits per heavy atom. The van der Waals surface area contributed by atoms with Gasteiger partial charge in [-0.25, -0.2) is 0 Å². The quantitative estimate of drug-likeness (QED) is 0.917. The molecule has 2 aromatic heterocycles. The van der Waals surface area contributed by atoms with Crippen molar-refractivity contribution >= 4 is 23.1 Å². The first-order chi connectivity index (χ1) is 9.78. The molecule has 1 aliphatic carbocycles. The van der Waals surface area contributed by atoms with Crippen LogP contribution in [-0.2, 0) is 6.54 Å². The van der Waals surface area contributed by atoms with Gasteiger partial charge in [0.2, 0.25) is 0 Å². The zero-order chi connectivity index (χ0) is 13.9. The van der Waals surface area contributed by atoms with E-state index in [1.165, 1.54) is 5.56 Å². The van der Waals surface area contributed by atoms with Crippen LogP contribution in [0.4, 0.5) is 5.82 Å². The summed E-state index contributed by atoms with van der Waals surface area (Å²) in [4.78, 5) is 14.5. The smallest absolute Gasteiger partial charge is 0.274 e. The van der Waals surface area contributed by atoms with Crippen LogP contribution in [-0.4, -0.2) is 34.1 Å². The van der Waals surface area contributed by atoms with Crippen LogP contribution in [0.1, 0.15) is 28.9 Å². The molecule has 3 rings (SSSR count). The summed E-state index contributed by atoms with van der Waals surface area (Å²) >= 11 is 1.65. The Labute approximate surface area is 121 Å². The van der Waals surface area contributed by atoms with Crippen molar-refractivity contribution in [2.24, 2.45) is 0 Å². The lowest BCUT2D eigenvalue weighted by Crippen LogP contribution is -2.33. The summed E-state index contributed by atoms with van der Waals surface area (Å²) in [6.45, 7) is 0.655. The molecule has 0 radical (unpaired) electrons. The molecule has 1 aliphatic rings. The highest BCUT2D eigenvalue weighted by Gasteiger charge is 2.33. The molecular weight excluding hydrogens is 272 g/mol. The summed E-state index contributed by atoms with van der Waals surface area (Å²) in [5, 5.41) is 15.0. The molecular formula is C14H16N4OS. The van der Waals surface area contributed by atoms with Gasteiger partial charge in [0.1, 0.15) is 5.82 Å². The van der Waals surface area contributed by atoms with Crippen molar-refractivity contribution in [3.63, 3.8) is 0 Å². The molecule has 6 heteroatoms. The van der Waals surface area contributed by atoms with E-state index in [2.05, 4.69) is 27.0 Å². The SMILES string of the molecule is CNc1ccc(C(=O)N(Cc2ccsc2)C2CC2)nn1. The molecule has 0 unspecified atom stereocenters. The average molecular weight is 288 g/mol. The summed E-state index contributed by atoms with van der Waals surface area (Å²) in [5.74, 6) is 0.631. The number of hydrogen-bond acceptors (Lipinski definition) is 5. The van der Waals surface area contributed by atoms with Gasteiger partial charge in [-0.3, -0.25) is 4.79 Å². The van der Waals surface area contributed by atoms with Gasteiger partial charge < -0.3 is 10.2 Å². The first kappa shape index (κ1) is 13.1. The Morgan fingerprint density at radius 2 is 2.25 bits per heavy atom. The van der Waals surface area contributed by atoms with Crippen LogP contribution in [0.3, 0.4) is 0 Å². The third-order valence-electron chi connectivity index (χ3n) is 3.32. The number of nitrogens with zero attached hydrogens (tertiary/aromatic N) is 3. The molecule has 104 valence electrons.